The van der Waals surface area contributed by atoms with E-state index >= 15 is 0 Å². The first-order valence-corrected chi connectivity index (χ1v) is 9.12. The van der Waals surface area contributed by atoms with E-state index in [1.807, 2.05) is 20.9 Å². The maximum atomic E-state index is 10.4. The number of nitrogens with one attached hydrogen (secondary N) is 1. The summed E-state index contributed by atoms with van der Waals surface area (Å²) < 4.78 is 0. The molecule has 1 atom stereocenters. The summed E-state index contributed by atoms with van der Waals surface area (Å²) in [6.45, 7) is 12.5. The molecule has 136 valence electrons. The van der Waals surface area contributed by atoms with Crippen molar-refractivity contribution in [3.63, 3.8) is 0 Å². The largest absolute Gasteiger partial charge is 0.386 e. The smallest absolute Gasteiger partial charge is 0.0840 e. The predicted octanol–water partition coefficient (Wildman–Crippen LogP) is 5.02. The molecule has 2 N–H and O–H groups in total. The minimum absolute atomic E-state index is 0.180. The van der Waals surface area contributed by atoms with Gasteiger partial charge in [-0.05, 0) is 61.9 Å². The molecular weight excluding hydrogens is 306 g/mol. The van der Waals surface area contributed by atoms with Crippen LogP contribution < -0.4 is 5.32 Å². The van der Waals surface area contributed by atoms with Crippen LogP contribution in [-0.4, -0.2) is 12.2 Å². The zero-order chi connectivity index (χ0) is 18.8. The second-order valence-corrected chi connectivity index (χ2v) is 8.68. The van der Waals surface area contributed by atoms with Gasteiger partial charge < -0.3 is 10.4 Å². The molecule has 0 amide bonds. The van der Waals surface area contributed by atoms with Crippen LogP contribution in [0.2, 0.25) is 0 Å². The number of aliphatic hydroxyl groups is 1. The summed E-state index contributed by atoms with van der Waals surface area (Å²) in [7, 11) is 2.00. The molecule has 2 rings (SSSR count). The van der Waals surface area contributed by atoms with Crippen molar-refractivity contribution in [1.29, 1.82) is 0 Å². The summed E-state index contributed by atoms with van der Waals surface area (Å²) >= 11 is 0. The van der Waals surface area contributed by atoms with Gasteiger partial charge in [-0.25, -0.2) is 0 Å². The summed E-state index contributed by atoms with van der Waals surface area (Å²) in [5.41, 5.74) is 5.39. The van der Waals surface area contributed by atoms with Crippen LogP contribution in [0.4, 0.5) is 0 Å². The highest BCUT2D eigenvalue weighted by molar-refractivity contribution is 5.36. The third kappa shape index (κ3) is 5.17. The van der Waals surface area contributed by atoms with Crippen molar-refractivity contribution < 1.29 is 5.11 Å². The first kappa shape index (κ1) is 19.7. The first-order valence-electron chi connectivity index (χ1n) is 9.12. The average Bonchev–Trinajstić information content (AvgIpc) is 2.50. The number of hydrogen-bond donors (Lipinski definition) is 2. The minimum Gasteiger partial charge on any atom is -0.386 e. The van der Waals surface area contributed by atoms with E-state index in [-0.39, 0.29) is 11.5 Å². The molecule has 0 aliphatic carbocycles. The number of rotatable bonds is 5. The third-order valence-corrected chi connectivity index (χ3v) is 4.82. The van der Waals surface area contributed by atoms with Crippen molar-refractivity contribution in [3.05, 3.63) is 70.3 Å². The number of aryl methyl sites for hydroxylation is 1. The van der Waals surface area contributed by atoms with Crippen molar-refractivity contribution in [1.82, 2.24) is 5.32 Å². The van der Waals surface area contributed by atoms with E-state index in [0.29, 0.717) is 0 Å². The molecule has 0 saturated carbocycles. The molecule has 2 nitrogen and oxygen atoms in total. The normalized spacial score (nSPS) is 13.8. The SMILES string of the molecule is CNC(Cc1ccc(C(C)(C)C)cc1)c1cc(C)cc(C(C)(C)O)c1. The molecule has 1 unspecified atom stereocenters. The van der Waals surface area contributed by atoms with Gasteiger partial charge in [-0.3, -0.25) is 0 Å². The van der Waals surface area contributed by atoms with E-state index in [9.17, 15) is 5.11 Å². The molecule has 0 aliphatic heterocycles. The van der Waals surface area contributed by atoms with Crippen molar-refractivity contribution in [2.45, 2.75) is 65.0 Å². The molecule has 2 aromatic rings. The molecule has 0 spiro atoms. The van der Waals surface area contributed by atoms with Crippen LogP contribution in [0, 0.1) is 6.92 Å². The van der Waals surface area contributed by atoms with Crippen LogP contribution in [0.1, 0.15) is 68.5 Å². The van der Waals surface area contributed by atoms with E-state index in [1.165, 1.54) is 22.3 Å². The maximum Gasteiger partial charge on any atom is 0.0840 e. The van der Waals surface area contributed by atoms with Crippen LogP contribution in [0.5, 0.6) is 0 Å². The molecular formula is C23H33NO. The van der Waals surface area contributed by atoms with Crippen molar-refractivity contribution in [3.8, 4) is 0 Å². The van der Waals surface area contributed by atoms with Crippen molar-refractivity contribution in [2.24, 2.45) is 0 Å². The second kappa shape index (κ2) is 7.31. The van der Waals surface area contributed by atoms with E-state index in [4.69, 9.17) is 0 Å². The lowest BCUT2D eigenvalue weighted by Gasteiger charge is -2.24. The van der Waals surface area contributed by atoms with Gasteiger partial charge in [0.15, 0.2) is 0 Å². The highest BCUT2D eigenvalue weighted by Crippen LogP contribution is 2.28. The molecule has 0 heterocycles. The molecule has 0 saturated heterocycles. The Morgan fingerprint density at radius 3 is 2.00 bits per heavy atom. The third-order valence-electron chi connectivity index (χ3n) is 4.82. The van der Waals surface area contributed by atoms with Crippen LogP contribution in [-0.2, 0) is 17.4 Å². The van der Waals surface area contributed by atoms with Crippen LogP contribution in [0.25, 0.3) is 0 Å². The van der Waals surface area contributed by atoms with E-state index < -0.39 is 5.60 Å². The summed E-state index contributed by atoms with van der Waals surface area (Å²) in [5.74, 6) is 0. The number of likely N-dealkylation sites (N-methyl/N-ethyl adjacent to an activating group) is 1. The standard InChI is InChI=1S/C23H33NO/c1-16-12-18(15-20(13-16)23(5,6)25)21(24-7)14-17-8-10-19(11-9-17)22(2,3)4/h8-13,15,21,24-25H,14H2,1-7H3. The highest BCUT2D eigenvalue weighted by atomic mass is 16.3. The van der Waals surface area contributed by atoms with Crippen LogP contribution in [0.15, 0.2) is 42.5 Å². The minimum atomic E-state index is -0.826. The van der Waals surface area contributed by atoms with Gasteiger partial charge in [-0.2, -0.15) is 0 Å². The van der Waals surface area contributed by atoms with E-state index in [2.05, 4.69) is 75.5 Å². The summed E-state index contributed by atoms with van der Waals surface area (Å²) in [6, 6.07) is 15.6. The lowest BCUT2D eigenvalue weighted by atomic mass is 9.86. The van der Waals surface area contributed by atoms with Gasteiger partial charge in [0.2, 0.25) is 0 Å². The predicted molar refractivity (Wildman–Crippen MR) is 107 cm³/mol. The topological polar surface area (TPSA) is 32.3 Å². The molecule has 0 aromatic heterocycles. The fourth-order valence-electron chi connectivity index (χ4n) is 3.13. The first-order chi connectivity index (χ1) is 11.5. The Kier molecular flexibility index (Phi) is 5.75. The Morgan fingerprint density at radius 2 is 1.52 bits per heavy atom. The zero-order valence-electron chi connectivity index (χ0n) is 16.8. The van der Waals surface area contributed by atoms with Gasteiger partial charge in [0.05, 0.1) is 5.60 Å². The van der Waals surface area contributed by atoms with Gasteiger partial charge in [0.1, 0.15) is 0 Å². The van der Waals surface area contributed by atoms with E-state index in [0.717, 1.165) is 12.0 Å². The fraction of sp³-hybridized carbons (Fsp3) is 0.478. The van der Waals surface area contributed by atoms with Gasteiger partial charge >= 0.3 is 0 Å². The molecule has 25 heavy (non-hydrogen) atoms. The summed E-state index contributed by atoms with van der Waals surface area (Å²) in [5, 5.41) is 13.8. The molecule has 0 radical (unpaired) electrons. The highest BCUT2D eigenvalue weighted by Gasteiger charge is 2.20. The van der Waals surface area contributed by atoms with Gasteiger partial charge in [-0.1, -0.05) is 68.8 Å². The van der Waals surface area contributed by atoms with Crippen molar-refractivity contribution in [2.75, 3.05) is 7.05 Å². The molecule has 2 heteroatoms. The summed E-state index contributed by atoms with van der Waals surface area (Å²) in [6.07, 6.45) is 0.926. The lowest BCUT2D eigenvalue weighted by molar-refractivity contribution is 0.0784. The molecule has 2 aromatic carbocycles. The van der Waals surface area contributed by atoms with E-state index in [1.54, 1.807) is 0 Å². The number of hydrogen-bond acceptors (Lipinski definition) is 2. The fourth-order valence-corrected chi connectivity index (χ4v) is 3.13. The Labute approximate surface area is 153 Å². The molecule has 0 fully saturated rings. The average molecular weight is 340 g/mol. The van der Waals surface area contributed by atoms with Gasteiger partial charge in [0, 0.05) is 6.04 Å². The van der Waals surface area contributed by atoms with Crippen molar-refractivity contribution >= 4 is 0 Å². The number of benzene rings is 2. The molecule has 0 aliphatic rings. The lowest BCUT2D eigenvalue weighted by Crippen LogP contribution is -2.21. The monoisotopic (exact) mass is 339 g/mol. The van der Waals surface area contributed by atoms with Crippen LogP contribution >= 0.6 is 0 Å². The second-order valence-electron chi connectivity index (χ2n) is 8.68. The quantitative estimate of drug-likeness (QED) is 0.801. The Morgan fingerprint density at radius 1 is 0.920 bits per heavy atom. The van der Waals surface area contributed by atoms with Gasteiger partial charge in [0.25, 0.3) is 0 Å². The van der Waals surface area contributed by atoms with Gasteiger partial charge in [-0.15, -0.1) is 0 Å². The Balaban J connectivity index is 2.27. The Bertz CT molecular complexity index is 702. The zero-order valence-corrected chi connectivity index (χ0v) is 16.8. The summed E-state index contributed by atoms with van der Waals surface area (Å²) in [4.78, 5) is 0. The Hall–Kier alpha value is -1.64. The van der Waals surface area contributed by atoms with Crippen LogP contribution in [0.3, 0.4) is 0 Å². The maximum absolute atomic E-state index is 10.4. The molecule has 0 bridgehead atoms.